The van der Waals surface area contributed by atoms with Gasteiger partial charge in [-0.3, -0.25) is 9.78 Å². The van der Waals surface area contributed by atoms with Gasteiger partial charge in [-0.1, -0.05) is 37.5 Å². The fraction of sp³-hybridized carbons (Fsp3) is 0.412. The number of aromatic nitrogens is 1. The number of pyridine rings is 1. The summed E-state index contributed by atoms with van der Waals surface area (Å²) in [6, 6.07) is 8.16. The Hall–Kier alpha value is -1.90. The Balaban J connectivity index is 2.09. The van der Waals surface area contributed by atoms with Crippen LogP contribution in [0.1, 0.15) is 43.6 Å². The van der Waals surface area contributed by atoms with Crippen LogP contribution in [-0.2, 0) is 4.79 Å². The Labute approximate surface area is 118 Å². The molecule has 0 bridgehead atoms. The molecule has 1 fully saturated rings. The van der Waals surface area contributed by atoms with Crippen LogP contribution >= 0.6 is 0 Å². The molecule has 1 saturated carbocycles. The summed E-state index contributed by atoms with van der Waals surface area (Å²) in [4.78, 5) is 15.8. The second kappa shape index (κ2) is 5.61. The summed E-state index contributed by atoms with van der Waals surface area (Å²) in [6.07, 6.45) is 8.70. The first kappa shape index (κ1) is 13.1. The van der Waals surface area contributed by atoms with Gasteiger partial charge in [0, 0.05) is 17.8 Å². The monoisotopic (exact) mass is 269 g/mol. The van der Waals surface area contributed by atoms with Crippen LogP contribution in [-0.4, -0.2) is 16.1 Å². The van der Waals surface area contributed by atoms with E-state index in [-0.39, 0.29) is 11.8 Å². The first-order chi connectivity index (χ1) is 9.77. The van der Waals surface area contributed by atoms with E-state index in [9.17, 15) is 9.90 Å². The molecule has 1 aromatic carbocycles. The molecule has 1 aliphatic carbocycles. The van der Waals surface area contributed by atoms with Crippen LogP contribution in [0.3, 0.4) is 0 Å². The van der Waals surface area contributed by atoms with Gasteiger partial charge in [0.2, 0.25) is 0 Å². The zero-order valence-electron chi connectivity index (χ0n) is 11.5. The molecule has 1 aromatic heterocycles. The predicted octanol–water partition coefficient (Wildman–Crippen LogP) is 3.98. The average molecular weight is 269 g/mol. The minimum atomic E-state index is -0.650. The summed E-state index contributed by atoms with van der Waals surface area (Å²) in [7, 11) is 0. The molecule has 3 heteroatoms. The van der Waals surface area contributed by atoms with E-state index in [0.29, 0.717) is 0 Å². The molecule has 0 aliphatic heterocycles. The summed E-state index contributed by atoms with van der Waals surface area (Å²) in [5.41, 5.74) is 1.18. The van der Waals surface area contributed by atoms with Crippen molar-refractivity contribution in [2.75, 3.05) is 0 Å². The number of hydrogen-bond donors (Lipinski definition) is 1. The molecule has 1 heterocycles. The summed E-state index contributed by atoms with van der Waals surface area (Å²) in [6.45, 7) is 0. The summed E-state index contributed by atoms with van der Waals surface area (Å²) in [5, 5.41) is 11.8. The van der Waals surface area contributed by atoms with Crippen LogP contribution in [0.25, 0.3) is 10.8 Å². The number of hydrogen-bond acceptors (Lipinski definition) is 2. The van der Waals surface area contributed by atoms with E-state index in [0.717, 1.165) is 42.9 Å². The van der Waals surface area contributed by atoms with Gasteiger partial charge in [0.05, 0.1) is 5.92 Å². The molecule has 1 aliphatic rings. The van der Waals surface area contributed by atoms with Gasteiger partial charge < -0.3 is 5.11 Å². The molecule has 20 heavy (non-hydrogen) atoms. The SMILES string of the molecule is O=C(O)C1CCCCCC1c1cccc2cnccc12. The van der Waals surface area contributed by atoms with Gasteiger partial charge in [0.1, 0.15) is 0 Å². The van der Waals surface area contributed by atoms with Crippen molar-refractivity contribution in [3.63, 3.8) is 0 Å². The van der Waals surface area contributed by atoms with E-state index < -0.39 is 5.97 Å². The normalized spacial score (nSPS) is 23.4. The number of fused-ring (bicyclic) bond motifs is 1. The number of benzene rings is 1. The molecule has 2 unspecified atom stereocenters. The zero-order chi connectivity index (χ0) is 13.9. The van der Waals surface area contributed by atoms with Gasteiger partial charge in [-0.15, -0.1) is 0 Å². The number of carbonyl (C=O) groups is 1. The second-order valence-electron chi connectivity index (χ2n) is 5.63. The Kier molecular flexibility index (Phi) is 3.68. The van der Waals surface area contributed by atoms with E-state index in [1.165, 1.54) is 5.56 Å². The lowest BCUT2D eigenvalue weighted by Crippen LogP contribution is -2.21. The van der Waals surface area contributed by atoms with Crippen molar-refractivity contribution < 1.29 is 9.90 Å². The van der Waals surface area contributed by atoms with Gasteiger partial charge in [-0.25, -0.2) is 0 Å². The minimum absolute atomic E-state index is 0.126. The standard InChI is InChI=1S/C17H19NO2/c19-17(20)16-7-3-1-2-6-15(16)14-8-4-5-12-11-18-10-9-13(12)14/h4-5,8-11,15-16H,1-3,6-7H2,(H,19,20). The van der Waals surface area contributed by atoms with Crippen molar-refractivity contribution in [1.29, 1.82) is 0 Å². The third kappa shape index (κ3) is 2.40. The molecule has 0 amide bonds. The third-order valence-corrected chi connectivity index (χ3v) is 4.45. The smallest absolute Gasteiger partial charge is 0.307 e. The maximum absolute atomic E-state index is 11.6. The van der Waals surface area contributed by atoms with Gasteiger partial charge in [0.25, 0.3) is 0 Å². The van der Waals surface area contributed by atoms with Crippen molar-refractivity contribution in [2.24, 2.45) is 5.92 Å². The van der Waals surface area contributed by atoms with Gasteiger partial charge >= 0.3 is 5.97 Å². The highest BCUT2D eigenvalue weighted by atomic mass is 16.4. The van der Waals surface area contributed by atoms with Gasteiger partial charge in [-0.05, 0) is 35.8 Å². The van der Waals surface area contributed by atoms with Crippen molar-refractivity contribution in [3.05, 3.63) is 42.2 Å². The van der Waals surface area contributed by atoms with E-state index in [1.54, 1.807) is 6.20 Å². The molecule has 0 spiro atoms. The zero-order valence-corrected chi connectivity index (χ0v) is 11.5. The van der Waals surface area contributed by atoms with E-state index in [4.69, 9.17) is 0 Å². The highest BCUT2D eigenvalue weighted by Gasteiger charge is 2.31. The van der Waals surface area contributed by atoms with Crippen LogP contribution in [0.15, 0.2) is 36.7 Å². The molecule has 104 valence electrons. The largest absolute Gasteiger partial charge is 0.481 e. The predicted molar refractivity (Wildman–Crippen MR) is 78.7 cm³/mol. The molecule has 2 aromatic rings. The van der Waals surface area contributed by atoms with E-state index in [1.807, 2.05) is 24.4 Å². The molecular weight excluding hydrogens is 250 g/mol. The summed E-state index contributed by atoms with van der Waals surface area (Å²) in [5.74, 6) is -0.777. The van der Waals surface area contributed by atoms with E-state index in [2.05, 4.69) is 11.1 Å². The van der Waals surface area contributed by atoms with Crippen molar-refractivity contribution in [1.82, 2.24) is 4.98 Å². The van der Waals surface area contributed by atoms with Crippen molar-refractivity contribution in [2.45, 2.75) is 38.0 Å². The highest BCUT2D eigenvalue weighted by molar-refractivity contribution is 5.86. The van der Waals surface area contributed by atoms with Crippen LogP contribution < -0.4 is 0 Å². The quantitative estimate of drug-likeness (QED) is 0.839. The molecule has 2 atom stereocenters. The molecule has 0 radical (unpaired) electrons. The molecule has 3 nitrogen and oxygen atoms in total. The second-order valence-corrected chi connectivity index (χ2v) is 5.63. The van der Waals surface area contributed by atoms with E-state index >= 15 is 0 Å². The van der Waals surface area contributed by atoms with Gasteiger partial charge in [0.15, 0.2) is 0 Å². The van der Waals surface area contributed by atoms with Crippen LogP contribution in [0, 0.1) is 5.92 Å². The third-order valence-electron chi connectivity index (χ3n) is 4.45. The molecule has 1 N–H and O–H groups in total. The number of carboxylic acids is 1. The van der Waals surface area contributed by atoms with Crippen molar-refractivity contribution >= 4 is 16.7 Å². The topological polar surface area (TPSA) is 50.2 Å². The lowest BCUT2D eigenvalue weighted by atomic mass is 9.81. The Morgan fingerprint density at radius 1 is 1.15 bits per heavy atom. The number of rotatable bonds is 2. The lowest BCUT2D eigenvalue weighted by molar-refractivity contribution is -0.142. The highest BCUT2D eigenvalue weighted by Crippen LogP contribution is 2.39. The van der Waals surface area contributed by atoms with Crippen LogP contribution in [0.2, 0.25) is 0 Å². The summed E-state index contributed by atoms with van der Waals surface area (Å²) < 4.78 is 0. The number of aliphatic carboxylic acids is 1. The maximum atomic E-state index is 11.6. The maximum Gasteiger partial charge on any atom is 0.307 e. The molecule has 3 rings (SSSR count). The Bertz CT molecular complexity index is 618. The lowest BCUT2D eigenvalue weighted by Gasteiger charge is -2.23. The average Bonchev–Trinajstić information content (AvgIpc) is 2.72. The number of carboxylic acid groups (broad SMARTS) is 1. The van der Waals surface area contributed by atoms with Crippen LogP contribution in [0.4, 0.5) is 0 Å². The molecule has 0 saturated heterocycles. The van der Waals surface area contributed by atoms with Gasteiger partial charge in [-0.2, -0.15) is 0 Å². The fourth-order valence-electron chi connectivity index (χ4n) is 3.45. The first-order valence-electron chi connectivity index (χ1n) is 7.33. The molecular formula is C17H19NO2. The van der Waals surface area contributed by atoms with Crippen LogP contribution in [0.5, 0.6) is 0 Å². The fourth-order valence-corrected chi connectivity index (χ4v) is 3.45. The Morgan fingerprint density at radius 2 is 2.00 bits per heavy atom. The van der Waals surface area contributed by atoms with Crippen molar-refractivity contribution in [3.8, 4) is 0 Å². The number of nitrogens with zero attached hydrogens (tertiary/aromatic N) is 1. The minimum Gasteiger partial charge on any atom is -0.481 e. The summed E-state index contributed by atoms with van der Waals surface area (Å²) >= 11 is 0. The first-order valence-corrected chi connectivity index (χ1v) is 7.33. The Morgan fingerprint density at radius 3 is 2.85 bits per heavy atom.